The van der Waals surface area contributed by atoms with Crippen molar-refractivity contribution in [3.63, 3.8) is 0 Å². The lowest BCUT2D eigenvalue weighted by molar-refractivity contribution is -0.137. The van der Waals surface area contributed by atoms with Crippen LogP contribution in [-0.2, 0) is 21.6 Å². The van der Waals surface area contributed by atoms with Crippen LogP contribution >= 0.6 is 11.3 Å². The number of halogens is 3. The van der Waals surface area contributed by atoms with Gasteiger partial charge in [0.25, 0.3) is 0 Å². The Hall–Kier alpha value is -2.89. The minimum atomic E-state index is -4.40. The quantitative estimate of drug-likeness (QED) is 0.420. The first-order valence-corrected chi connectivity index (χ1v) is 11.9. The van der Waals surface area contributed by atoms with Crippen LogP contribution < -0.4 is 4.72 Å². The Labute approximate surface area is 192 Å². The number of carboxylic acid groups (broad SMARTS) is 2. The van der Waals surface area contributed by atoms with Gasteiger partial charge in [0, 0.05) is 16.3 Å². The molecule has 2 atom stereocenters. The number of rotatable bonds is 5. The highest BCUT2D eigenvalue weighted by atomic mass is 32.2. The minimum absolute atomic E-state index is 0.148. The van der Waals surface area contributed by atoms with Gasteiger partial charge in [-0.1, -0.05) is 49.4 Å². The van der Waals surface area contributed by atoms with Crippen LogP contribution in [0, 0.1) is 0 Å². The van der Waals surface area contributed by atoms with Gasteiger partial charge in [-0.05, 0) is 41.8 Å². The van der Waals surface area contributed by atoms with Crippen molar-refractivity contribution >= 4 is 27.5 Å². The van der Waals surface area contributed by atoms with Crippen molar-refractivity contribution < 1.29 is 36.6 Å². The van der Waals surface area contributed by atoms with Crippen molar-refractivity contribution in [1.82, 2.24) is 4.72 Å². The summed E-state index contributed by atoms with van der Waals surface area (Å²) in [7, 11) is -3.71. The molecule has 0 bridgehead atoms. The monoisotopic (exact) mass is 499 g/mol. The molecule has 176 valence electrons. The summed E-state index contributed by atoms with van der Waals surface area (Å²) in [4.78, 5) is 9.15. The molecule has 1 heterocycles. The maximum Gasteiger partial charge on any atom is 0.503 e. The van der Waals surface area contributed by atoms with Gasteiger partial charge in [0.1, 0.15) is 4.21 Å². The third kappa shape index (κ3) is 5.92. The largest absolute Gasteiger partial charge is 0.503 e. The molecule has 0 aliphatic heterocycles. The lowest BCUT2D eigenvalue weighted by Crippen LogP contribution is -2.29. The molecular weight excluding hydrogens is 479 g/mol. The van der Waals surface area contributed by atoms with Crippen LogP contribution in [0.5, 0.6) is 0 Å². The molecule has 1 aromatic heterocycles. The summed E-state index contributed by atoms with van der Waals surface area (Å²) >= 11 is 1.04. The van der Waals surface area contributed by atoms with Crippen LogP contribution in [0.2, 0.25) is 0 Å². The molecule has 11 heteroatoms. The minimum Gasteiger partial charge on any atom is -0.450 e. The van der Waals surface area contributed by atoms with Gasteiger partial charge >= 0.3 is 12.3 Å². The number of benzene rings is 2. The van der Waals surface area contributed by atoms with E-state index < -0.39 is 27.9 Å². The van der Waals surface area contributed by atoms with Crippen molar-refractivity contribution in [1.29, 1.82) is 0 Å². The van der Waals surface area contributed by atoms with Crippen LogP contribution in [0.1, 0.15) is 24.5 Å². The van der Waals surface area contributed by atoms with E-state index in [-0.39, 0.29) is 15.7 Å². The van der Waals surface area contributed by atoms with Crippen molar-refractivity contribution in [3.8, 4) is 10.4 Å². The summed E-state index contributed by atoms with van der Waals surface area (Å²) in [5.41, 5.74) is 0.664. The first kappa shape index (κ1) is 24.7. The van der Waals surface area contributed by atoms with E-state index in [1.807, 2.05) is 37.3 Å². The molecule has 33 heavy (non-hydrogen) atoms. The zero-order valence-corrected chi connectivity index (χ0v) is 18.8. The summed E-state index contributed by atoms with van der Waals surface area (Å²) in [6.07, 6.45) is -5.52. The Morgan fingerprint density at radius 3 is 2.15 bits per heavy atom. The molecule has 1 fully saturated rings. The van der Waals surface area contributed by atoms with Crippen LogP contribution in [-0.4, -0.2) is 30.8 Å². The standard InChI is InChI=1S/C21H18F3NO2S2.CH2O3/c1-20(15-5-3-2-4-6-15)13-18(20)25-29(26,27)19-12-11-17(28-19)14-7-9-16(10-8-14)21(22,23)24;2-1(3)4/h2-12,18,25H,13H2,1H3;(H2,2,3,4)/t18-,20+;/m0./s1. The van der Waals surface area contributed by atoms with Crippen molar-refractivity contribution in [2.24, 2.45) is 0 Å². The number of hydrogen-bond donors (Lipinski definition) is 3. The molecule has 0 spiro atoms. The van der Waals surface area contributed by atoms with Crippen LogP contribution in [0.15, 0.2) is 70.9 Å². The first-order valence-electron chi connectivity index (χ1n) is 9.60. The van der Waals surface area contributed by atoms with Crippen LogP contribution in [0.25, 0.3) is 10.4 Å². The molecule has 0 radical (unpaired) electrons. The SMILES string of the molecule is C[C@]1(c2ccccc2)C[C@@H]1NS(=O)(=O)c1ccc(-c2ccc(C(F)(F)F)cc2)s1.O=C(O)O. The predicted molar refractivity (Wildman–Crippen MR) is 118 cm³/mol. The van der Waals surface area contributed by atoms with E-state index in [9.17, 15) is 21.6 Å². The first-order chi connectivity index (χ1) is 15.3. The van der Waals surface area contributed by atoms with E-state index in [2.05, 4.69) is 4.72 Å². The van der Waals surface area contributed by atoms with E-state index in [0.29, 0.717) is 16.9 Å². The molecule has 0 unspecified atom stereocenters. The lowest BCUT2D eigenvalue weighted by atomic mass is 9.98. The molecule has 3 aromatic rings. The van der Waals surface area contributed by atoms with E-state index in [1.54, 1.807) is 6.07 Å². The Balaban J connectivity index is 0.000000709. The second kappa shape index (κ2) is 9.16. The van der Waals surface area contributed by atoms with E-state index in [1.165, 1.54) is 18.2 Å². The number of nitrogens with one attached hydrogen (secondary N) is 1. The summed E-state index contributed by atoms with van der Waals surface area (Å²) < 4.78 is 66.6. The van der Waals surface area contributed by atoms with E-state index in [4.69, 9.17) is 15.0 Å². The fourth-order valence-corrected chi connectivity index (χ4v) is 6.04. The molecule has 0 amide bonds. The average Bonchev–Trinajstić information content (AvgIpc) is 3.14. The smallest absolute Gasteiger partial charge is 0.450 e. The molecular formula is C22H20F3NO5S2. The Morgan fingerprint density at radius 2 is 1.61 bits per heavy atom. The normalized spacial score (nSPS) is 19.9. The Kier molecular flexibility index (Phi) is 6.87. The van der Waals surface area contributed by atoms with Gasteiger partial charge < -0.3 is 10.2 Å². The third-order valence-electron chi connectivity index (χ3n) is 5.31. The Morgan fingerprint density at radius 1 is 1.03 bits per heavy atom. The zero-order valence-electron chi connectivity index (χ0n) is 17.2. The van der Waals surface area contributed by atoms with Gasteiger partial charge in [-0.25, -0.2) is 17.9 Å². The summed E-state index contributed by atoms with van der Waals surface area (Å²) in [5, 5.41) is 13.9. The molecule has 2 aromatic carbocycles. The molecule has 3 N–H and O–H groups in total. The molecule has 1 saturated carbocycles. The zero-order chi connectivity index (χ0) is 24.4. The van der Waals surface area contributed by atoms with Gasteiger partial charge in [0.05, 0.1) is 5.56 Å². The summed E-state index contributed by atoms with van der Waals surface area (Å²) in [6, 6.07) is 17.4. The molecule has 1 aliphatic carbocycles. The van der Waals surface area contributed by atoms with Gasteiger partial charge in [-0.2, -0.15) is 13.2 Å². The number of sulfonamides is 1. The highest BCUT2D eigenvalue weighted by Gasteiger charge is 2.53. The number of thiophene rings is 1. The number of carbonyl (C=O) groups is 1. The number of hydrogen-bond acceptors (Lipinski definition) is 4. The predicted octanol–water partition coefficient (Wildman–Crippen LogP) is 5.66. The van der Waals surface area contributed by atoms with Gasteiger partial charge in [0.2, 0.25) is 10.0 Å². The van der Waals surface area contributed by atoms with E-state index in [0.717, 1.165) is 29.0 Å². The highest BCUT2D eigenvalue weighted by molar-refractivity contribution is 7.91. The summed E-state index contributed by atoms with van der Waals surface area (Å²) in [5.74, 6) is 0. The van der Waals surface area contributed by atoms with Crippen molar-refractivity contribution in [3.05, 3.63) is 77.9 Å². The lowest BCUT2D eigenvalue weighted by Gasteiger charge is -2.12. The van der Waals surface area contributed by atoms with Crippen molar-refractivity contribution in [2.45, 2.75) is 35.2 Å². The molecule has 1 aliphatic rings. The van der Waals surface area contributed by atoms with Gasteiger partial charge in [-0.3, -0.25) is 0 Å². The second-order valence-corrected chi connectivity index (χ2v) is 10.7. The van der Waals surface area contributed by atoms with Crippen molar-refractivity contribution in [2.75, 3.05) is 0 Å². The molecule has 6 nitrogen and oxygen atoms in total. The Bertz CT molecular complexity index is 1220. The van der Waals surface area contributed by atoms with E-state index >= 15 is 0 Å². The fourth-order valence-electron chi connectivity index (χ4n) is 3.36. The third-order valence-corrected chi connectivity index (χ3v) is 8.41. The topological polar surface area (TPSA) is 104 Å². The highest BCUT2D eigenvalue weighted by Crippen LogP contribution is 2.48. The van der Waals surface area contributed by atoms with Gasteiger partial charge in [-0.15, -0.1) is 11.3 Å². The fraction of sp³-hybridized carbons (Fsp3) is 0.227. The average molecular weight is 500 g/mol. The second-order valence-electron chi connectivity index (χ2n) is 7.64. The maximum atomic E-state index is 12.8. The number of alkyl halides is 3. The maximum absolute atomic E-state index is 12.8. The van der Waals surface area contributed by atoms with Crippen LogP contribution in [0.3, 0.4) is 0 Å². The van der Waals surface area contributed by atoms with Gasteiger partial charge in [0.15, 0.2) is 0 Å². The summed E-state index contributed by atoms with van der Waals surface area (Å²) in [6.45, 7) is 2.03. The molecule has 4 rings (SSSR count). The molecule has 0 saturated heterocycles. The van der Waals surface area contributed by atoms with Crippen LogP contribution in [0.4, 0.5) is 18.0 Å².